The zero-order valence-electron chi connectivity index (χ0n) is 14.8. The first kappa shape index (κ1) is 19.9. The number of hydrogen-bond acceptors (Lipinski definition) is 3. The number of imidazole rings is 1. The van der Waals surface area contributed by atoms with Gasteiger partial charge in [0.25, 0.3) is 10.0 Å². The molecule has 0 aliphatic heterocycles. The molecule has 1 saturated carbocycles. The van der Waals surface area contributed by atoms with Crippen LogP contribution in [0.4, 0.5) is 13.2 Å². The Morgan fingerprint density at radius 3 is 2.31 bits per heavy atom. The Labute approximate surface area is 170 Å². The largest absolute Gasteiger partial charge is 0.331 e. The molecule has 4 rings (SSSR count). The molecule has 1 fully saturated rings. The van der Waals surface area contributed by atoms with E-state index in [4.69, 9.17) is 11.6 Å². The molecule has 0 radical (unpaired) electrons. The van der Waals surface area contributed by atoms with Crippen LogP contribution < -0.4 is 4.72 Å². The van der Waals surface area contributed by atoms with Gasteiger partial charge in [-0.25, -0.2) is 31.3 Å². The third-order valence-electron chi connectivity index (χ3n) is 4.59. The fourth-order valence-electron chi connectivity index (χ4n) is 2.98. The molecule has 10 heteroatoms. The molecule has 0 spiro atoms. The minimum atomic E-state index is -3.79. The molecule has 1 aliphatic rings. The van der Waals surface area contributed by atoms with E-state index in [1.807, 2.05) is 0 Å². The Kier molecular flexibility index (Phi) is 5.14. The van der Waals surface area contributed by atoms with Crippen LogP contribution >= 0.6 is 11.6 Å². The maximum absolute atomic E-state index is 13.9. The van der Waals surface area contributed by atoms with Crippen molar-refractivity contribution in [2.75, 3.05) is 0 Å². The van der Waals surface area contributed by atoms with E-state index in [2.05, 4.69) is 14.7 Å². The van der Waals surface area contributed by atoms with Gasteiger partial charge in [-0.3, -0.25) is 0 Å². The molecule has 152 valence electrons. The number of nitrogens with zero attached hydrogens (tertiary/aromatic N) is 1. The minimum absolute atomic E-state index is 0.0929. The number of hydrogen-bond donors (Lipinski definition) is 2. The van der Waals surface area contributed by atoms with Gasteiger partial charge in [-0.15, -0.1) is 0 Å². The summed E-state index contributed by atoms with van der Waals surface area (Å²) in [6, 6.07) is 7.09. The summed E-state index contributed by atoms with van der Waals surface area (Å²) in [7, 11) is -3.79. The van der Waals surface area contributed by atoms with E-state index in [1.165, 1.54) is 18.2 Å². The fourth-order valence-corrected chi connectivity index (χ4v) is 4.40. The smallest absolute Gasteiger partial charge is 0.257 e. The van der Waals surface area contributed by atoms with Gasteiger partial charge >= 0.3 is 0 Å². The first-order valence-electron chi connectivity index (χ1n) is 8.72. The van der Waals surface area contributed by atoms with Crippen LogP contribution in [0, 0.1) is 17.5 Å². The van der Waals surface area contributed by atoms with Gasteiger partial charge in [0, 0.05) is 6.04 Å². The molecule has 1 heterocycles. The predicted octanol–water partition coefficient (Wildman–Crippen LogP) is 4.10. The second-order valence-corrected chi connectivity index (χ2v) is 8.90. The predicted molar refractivity (Wildman–Crippen MR) is 101 cm³/mol. The molecule has 0 bridgehead atoms. The first-order valence-corrected chi connectivity index (χ1v) is 10.6. The minimum Gasteiger partial charge on any atom is -0.331 e. The van der Waals surface area contributed by atoms with Gasteiger partial charge in [0.1, 0.15) is 11.6 Å². The van der Waals surface area contributed by atoms with E-state index in [0.717, 1.165) is 37.2 Å². The Morgan fingerprint density at radius 1 is 1.03 bits per heavy atom. The Bertz CT molecular complexity index is 1130. The van der Waals surface area contributed by atoms with Crippen LogP contribution in [0.15, 0.2) is 47.6 Å². The highest BCUT2D eigenvalue weighted by Gasteiger charge is 2.30. The average Bonchev–Trinajstić information content (AvgIpc) is 3.32. The summed E-state index contributed by atoms with van der Waals surface area (Å²) >= 11 is 5.89. The zero-order valence-corrected chi connectivity index (χ0v) is 16.4. The second-order valence-electron chi connectivity index (χ2n) is 6.81. The Morgan fingerprint density at radius 2 is 1.69 bits per heavy atom. The average molecular weight is 442 g/mol. The summed E-state index contributed by atoms with van der Waals surface area (Å²) in [6.07, 6.45) is 2.69. The summed E-state index contributed by atoms with van der Waals surface area (Å²) in [6.45, 7) is 0. The summed E-state index contributed by atoms with van der Waals surface area (Å²) < 4.78 is 68.3. The second kappa shape index (κ2) is 7.47. The van der Waals surface area contributed by atoms with E-state index >= 15 is 0 Å². The van der Waals surface area contributed by atoms with E-state index in [1.54, 1.807) is 0 Å². The van der Waals surface area contributed by atoms with Gasteiger partial charge < -0.3 is 4.98 Å². The van der Waals surface area contributed by atoms with Gasteiger partial charge in [-0.05, 0) is 48.2 Å². The standard InChI is InChI=1S/C19H15ClF3N3O2S/c20-13-7-10(1-5-14(13)21)18(11-2-6-15(22)16(23)8-11)19-24-9-17(25-19)29(27,28)26-12-3-4-12/h1-2,5-9,12,18,26H,3-4H2,(H,24,25). The van der Waals surface area contributed by atoms with E-state index < -0.39 is 33.4 Å². The van der Waals surface area contributed by atoms with Crippen LogP contribution in [-0.2, 0) is 10.0 Å². The number of benzene rings is 2. The van der Waals surface area contributed by atoms with Gasteiger partial charge in [-0.2, -0.15) is 0 Å². The number of nitrogens with one attached hydrogen (secondary N) is 2. The van der Waals surface area contributed by atoms with Crippen molar-refractivity contribution in [3.05, 3.63) is 82.0 Å². The molecule has 2 aromatic carbocycles. The number of aromatic amines is 1. The lowest BCUT2D eigenvalue weighted by Crippen LogP contribution is -2.26. The Hall–Kier alpha value is -2.36. The van der Waals surface area contributed by atoms with Gasteiger partial charge in [0.05, 0.1) is 17.1 Å². The van der Waals surface area contributed by atoms with Crippen molar-refractivity contribution < 1.29 is 21.6 Å². The summed E-state index contributed by atoms with van der Waals surface area (Å²) in [5.41, 5.74) is 0.718. The van der Waals surface area contributed by atoms with Gasteiger partial charge in [-0.1, -0.05) is 23.7 Å². The molecule has 0 saturated heterocycles. The van der Waals surface area contributed by atoms with Crippen LogP contribution in [0.25, 0.3) is 0 Å². The summed E-state index contributed by atoms with van der Waals surface area (Å²) in [5.74, 6) is -3.41. The molecule has 29 heavy (non-hydrogen) atoms. The van der Waals surface area contributed by atoms with E-state index in [9.17, 15) is 21.6 Å². The third kappa shape index (κ3) is 4.17. The van der Waals surface area contributed by atoms with Crippen LogP contribution in [0.3, 0.4) is 0 Å². The number of halogens is 4. The number of aromatic nitrogens is 2. The van der Waals surface area contributed by atoms with Crippen molar-refractivity contribution in [1.82, 2.24) is 14.7 Å². The molecule has 0 amide bonds. The number of sulfonamides is 1. The molecule has 3 aromatic rings. The van der Waals surface area contributed by atoms with Crippen molar-refractivity contribution in [1.29, 1.82) is 0 Å². The van der Waals surface area contributed by atoms with Crippen LogP contribution in [0.1, 0.15) is 35.7 Å². The lowest BCUT2D eigenvalue weighted by molar-refractivity contribution is 0.506. The number of rotatable bonds is 6. The summed E-state index contributed by atoms with van der Waals surface area (Å²) in [4.78, 5) is 6.88. The zero-order chi connectivity index (χ0) is 20.8. The van der Waals surface area contributed by atoms with Gasteiger partial charge in [0.15, 0.2) is 16.7 Å². The number of H-pyrrole nitrogens is 1. The molecular weight excluding hydrogens is 427 g/mol. The van der Waals surface area contributed by atoms with Crippen LogP contribution in [-0.4, -0.2) is 24.4 Å². The quantitative estimate of drug-likeness (QED) is 0.604. The maximum atomic E-state index is 13.9. The third-order valence-corrected chi connectivity index (χ3v) is 6.31. The highest BCUT2D eigenvalue weighted by molar-refractivity contribution is 7.89. The van der Waals surface area contributed by atoms with Crippen molar-refractivity contribution in [2.45, 2.75) is 29.8 Å². The molecule has 1 aromatic heterocycles. The van der Waals surface area contributed by atoms with E-state index in [-0.39, 0.29) is 21.9 Å². The highest BCUT2D eigenvalue weighted by atomic mass is 35.5. The topological polar surface area (TPSA) is 74.8 Å². The normalized spacial score (nSPS) is 15.4. The van der Waals surface area contributed by atoms with Crippen molar-refractivity contribution >= 4 is 21.6 Å². The highest BCUT2D eigenvalue weighted by Crippen LogP contribution is 2.33. The first-order chi connectivity index (χ1) is 13.7. The van der Waals surface area contributed by atoms with Crippen molar-refractivity contribution in [3.8, 4) is 0 Å². The van der Waals surface area contributed by atoms with Crippen molar-refractivity contribution in [2.24, 2.45) is 0 Å². The molecule has 2 N–H and O–H groups in total. The molecule has 1 aliphatic carbocycles. The monoisotopic (exact) mass is 441 g/mol. The molecule has 5 nitrogen and oxygen atoms in total. The lowest BCUT2D eigenvalue weighted by Gasteiger charge is -2.17. The van der Waals surface area contributed by atoms with Gasteiger partial charge in [0.2, 0.25) is 0 Å². The molecule has 1 atom stereocenters. The van der Waals surface area contributed by atoms with Crippen molar-refractivity contribution in [3.63, 3.8) is 0 Å². The fraction of sp³-hybridized carbons (Fsp3) is 0.211. The van der Waals surface area contributed by atoms with Crippen LogP contribution in [0.5, 0.6) is 0 Å². The maximum Gasteiger partial charge on any atom is 0.257 e. The Balaban J connectivity index is 1.80. The van der Waals surface area contributed by atoms with E-state index in [0.29, 0.717) is 11.1 Å². The SMILES string of the molecule is O=S(=O)(NC1CC1)c1cnc(C(c2ccc(F)c(F)c2)c2ccc(F)c(Cl)c2)[nH]1. The summed E-state index contributed by atoms with van der Waals surface area (Å²) in [5, 5.41) is -0.315. The van der Waals surface area contributed by atoms with Crippen LogP contribution in [0.2, 0.25) is 5.02 Å². The lowest BCUT2D eigenvalue weighted by atomic mass is 9.90. The molecular formula is C19H15ClF3N3O2S. The molecule has 1 unspecified atom stereocenters.